The molecule has 0 rings (SSSR count). The molecule has 3 atom stereocenters. The van der Waals surface area contributed by atoms with Crippen molar-refractivity contribution in [2.45, 2.75) is 280 Å². The average molecular weight is 701 g/mol. The predicted octanol–water partition coefficient (Wildman–Crippen LogP) is 18.8. The van der Waals surface area contributed by atoms with Crippen molar-refractivity contribution in [3.8, 4) is 0 Å². The van der Waals surface area contributed by atoms with E-state index in [1.807, 2.05) is 0 Å². The van der Waals surface area contributed by atoms with Gasteiger partial charge >= 0.3 is 0 Å². The molecular formula is C50H100. The molecule has 0 aliphatic heterocycles. The summed E-state index contributed by atoms with van der Waals surface area (Å²) in [4.78, 5) is 0. The maximum Gasteiger partial charge on any atom is -0.0323 e. The minimum Gasteiger partial charge on any atom is -0.0999 e. The third-order valence-electron chi connectivity index (χ3n) is 12.3. The van der Waals surface area contributed by atoms with Crippen LogP contribution in [0.15, 0.2) is 12.2 Å². The van der Waals surface area contributed by atoms with Crippen molar-refractivity contribution in [3.05, 3.63) is 12.2 Å². The fraction of sp³-hybridized carbons (Fsp3) is 0.960. The second kappa shape index (κ2) is 38.5. The van der Waals surface area contributed by atoms with Crippen LogP contribution in [-0.2, 0) is 0 Å². The Kier molecular flexibility index (Phi) is 38.3. The van der Waals surface area contributed by atoms with E-state index in [2.05, 4.69) is 55.0 Å². The Balaban J connectivity index is 3.61. The van der Waals surface area contributed by atoms with Gasteiger partial charge in [0.25, 0.3) is 0 Å². The largest absolute Gasteiger partial charge is 0.0999 e. The predicted molar refractivity (Wildman–Crippen MR) is 233 cm³/mol. The van der Waals surface area contributed by atoms with Crippen LogP contribution in [0.25, 0.3) is 0 Å². The van der Waals surface area contributed by atoms with Crippen LogP contribution in [0.1, 0.15) is 280 Å². The van der Waals surface area contributed by atoms with Crippen LogP contribution in [0, 0.1) is 29.6 Å². The van der Waals surface area contributed by atoms with Crippen molar-refractivity contribution in [2.24, 2.45) is 29.6 Å². The molecule has 0 heterocycles. The summed E-state index contributed by atoms with van der Waals surface area (Å²) in [7, 11) is 0. The molecular weight excluding hydrogens is 601 g/mol. The van der Waals surface area contributed by atoms with Crippen molar-refractivity contribution >= 4 is 0 Å². The van der Waals surface area contributed by atoms with Crippen molar-refractivity contribution in [3.63, 3.8) is 0 Å². The summed E-state index contributed by atoms with van der Waals surface area (Å²) in [5.74, 6) is 4.54. The third-order valence-corrected chi connectivity index (χ3v) is 12.3. The van der Waals surface area contributed by atoms with Crippen molar-refractivity contribution in [1.29, 1.82) is 0 Å². The second-order valence-corrected chi connectivity index (χ2v) is 18.6. The lowest BCUT2D eigenvalue weighted by molar-refractivity contribution is 0.269. The summed E-state index contributed by atoms with van der Waals surface area (Å²) in [6.07, 6.45) is 51.9. The Bertz CT molecular complexity index is 657. The van der Waals surface area contributed by atoms with Gasteiger partial charge in [-0.3, -0.25) is 0 Å². The van der Waals surface area contributed by atoms with E-state index in [0.717, 1.165) is 29.6 Å². The molecule has 0 amide bonds. The van der Waals surface area contributed by atoms with Gasteiger partial charge in [-0.25, -0.2) is 0 Å². The van der Waals surface area contributed by atoms with Gasteiger partial charge in [0.2, 0.25) is 0 Å². The Labute approximate surface area is 320 Å². The molecule has 3 unspecified atom stereocenters. The number of hydrogen-bond donors (Lipinski definition) is 0. The molecule has 0 N–H and O–H groups in total. The van der Waals surface area contributed by atoms with Gasteiger partial charge in [0.15, 0.2) is 0 Å². The van der Waals surface area contributed by atoms with Crippen LogP contribution < -0.4 is 0 Å². The first-order valence-electron chi connectivity index (χ1n) is 23.9. The zero-order chi connectivity index (χ0) is 36.9. The highest BCUT2D eigenvalue weighted by atomic mass is 14.2. The molecule has 0 heteroatoms. The van der Waals surface area contributed by atoms with Crippen LogP contribution in [0.2, 0.25) is 0 Å². The normalized spacial score (nSPS) is 13.8. The lowest BCUT2D eigenvalue weighted by atomic mass is 9.81. The van der Waals surface area contributed by atoms with Gasteiger partial charge in [-0.1, -0.05) is 260 Å². The Morgan fingerprint density at radius 1 is 0.360 bits per heavy atom. The molecule has 0 bridgehead atoms. The maximum atomic E-state index is 4.36. The molecule has 0 aromatic carbocycles. The average Bonchev–Trinajstić information content (AvgIpc) is 3.08. The zero-order valence-corrected chi connectivity index (χ0v) is 36.5. The molecule has 50 heavy (non-hydrogen) atoms. The number of unbranched alkanes of at least 4 members (excludes halogenated alkanes) is 24. The summed E-state index contributed by atoms with van der Waals surface area (Å²) in [5.41, 5.74) is 1.52. The summed E-state index contributed by atoms with van der Waals surface area (Å²) < 4.78 is 0. The van der Waals surface area contributed by atoms with E-state index in [4.69, 9.17) is 0 Å². The van der Waals surface area contributed by atoms with Gasteiger partial charge in [0.1, 0.15) is 0 Å². The van der Waals surface area contributed by atoms with Gasteiger partial charge in [0.05, 0.1) is 0 Å². The molecule has 0 saturated heterocycles. The van der Waals surface area contributed by atoms with Gasteiger partial charge < -0.3 is 0 Å². The Morgan fingerprint density at radius 3 is 1.08 bits per heavy atom. The van der Waals surface area contributed by atoms with Crippen LogP contribution in [-0.4, -0.2) is 0 Å². The SMILES string of the molecule is C=C(CCCCCCCCC)CCCCCCCCC(C)CCCCCC(CC(C)CCCCCCCCCCCCCCC(C)C)C(C)C. The van der Waals surface area contributed by atoms with Crippen LogP contribution in [0.4, 0.5) is 0 Å². The van der Waals surface area contributed by atoms with Gasteiger partial charge in [0, 0.05) is 0 Å². The first kappa shape index (κ1) is 49.7. The van der Waals surface area contributed by atoms with Crippen LogP contribution in [0.5, 0.6) is 0 Å². The summed E-state index contributed by atoms with van der Waals surface area (Å²) in [5, 5.41) is 0. The van der Waals surface area contributed by atoms with E-state index >= 15 is 0 Å². The topological polar surface area (TPSA) is 0 Å². The van der Waals surface area contributed by atoms with Crippen molar-refractivity contribution in [2.75, 3.05) is 0 Å². The molecule has 0 nitrogen and oxygen atoms in total. The summed E-state index contributed by atoms with van der Waals surface area (Å²) in [6, 6.07) is 0. The lowest BCUT2D eigenvalue weighted by Crippen LogP contribution is -2.13. The molecule has 300 valence electrons. The number of hydrogen-bond acceptors (Lipinski definition) is 0. The minimum atomic E-state index is 0.852. The maximum absolute atomic E-state index is 4.36. The Morgan fingerprint density at radius 2 is 0.680 bits per heavy atom. The van der Waals surface area contributed by atoms with E-state index in [1.54, 1.807) is 0 Å². The highest BCUT2D eigenvalue weighted by Crippen LogP contribution is 2.29. The molecule has 0 radical (unpaired) electrons. The van der Waals surface area contributed by atoms with Crippen molar-refractivity contribution < 1.29 is 0 Å². The minimum absolute atomic E-state index is 0.852. The Hall–Kier alpha value is -0.260. The monoisotopic (exact) mass is 701 g/mol. The van der Waals surface area contributed by atoms with Crippen LogP contribution in [0.3, 0.4) is 0 Å². The molecule has 0 aromatic heterocycles. The number of rotatable bonds is 41. The number of allylic oxidation sites excluding steroid dienone is 1. The van der Waals surface area contributed by atoms with Gasteiger partial charge in [-0.2, -0.15) is 0 Å². The first-order valence-corrected chi connectivity index (χ1v) is 23.9. The first-order chi connectivity index (χ1) is 24.3. The molecule has 0 aliphatic carbocycles. The van der Waals surface area contributed by atoms with Crippen LogP contribution >= 0.6 is 0 Å². The second-order valence-electron chi connectivity index (χ2n) is 18.6. The van der Waals surface area contributed by atoms with E-state index in [0.29, 0.717) is 0 Å². The highest BCUT2D eigenvalue weighted by Gasteiger charge is 2.17. The molecule has 0 spiro atoms. The van der Waals surface area contributed by atoms with E-state index < -0.39 is 0 Å². The van der Waals surface area contributed by atoms with Gasteiger partial charge in [-0.05, 0) is 61.7 Å². The highest BCUT2D eigenvalue weighted by molar-refractivity contribution is 4.93. The molecule has 0 saturated carbocycles. The molecule has 0 fully saturated rings. The summed E-state index contributed by atoms with van der Waals surface area (Å²) >= 11 is 0. The fourth-order valence-corrected chi connectivity index (χ4v) is 8.42. The van der Waals surface area contributed by atoms with E-state index in [-0.39, 0.29) is 0 Å². The smallest absolute Gasteiger partial charge is 0.0323 e. The third kappa shape index (κ3) is 37.5. The summed E-state index contributed by atoms with van der Waals surface area (Å²) in [6.45, 7) is 21.4. The fourth-order valence-electron chi connectivity index (χ4n) is 8.42. The molecule has 0 aromatic rings. The lowest BCUT2D eigenvalue weighted by Gasteiger charge is -2.24. The molecule has 0 aliphatic rings. The standard InChI is InChI=1S/C50H100/c1-9-10-11-12-19-25-31-38-47(6)39-32-26-22-23-27-33-40-48(7)41-35-29-36-43-50(46(4)5)44-49(8)42-34-28-21-18-16-14-13-15-17-20-24-30-37-45(2)3/h45-46,48-50H,6,9-44H2,1-5,7-8H3. The van der Waals surface area contributed by atoms with E-state index in [9.17, 15) is 0 Å². The van der Waals surface area contributed by atoms with E-state index in [1.165, 1.54) is 237 Å². The van der Waals surface area contributed by atoms with Crippen molar-refractivity contribution in [1.82, 2.24) is 0 Å². The quantitative estimate of drug-likeness (QED) is 0.0440. The zero-order valence-electron chi connectivity index (χ0n) is 36.5. The van der Waals surface area contributed by atoms with Gasteiger partial charge in [-0.15, -0.1) is 0 Å².